The fourth-order valence-electron chi connectivity index (χ4n) is 4.73. The van der Waals surface area contributed by atoms with Crippen molar-refractivity contribution >= 4 is 51.4 Å². The smallest absolute Gasteiger partial charge is 0.232 e. The van der Waals surface area contributed by atoms with Gasteiger partial charge < -0.3 is 0 Å². The van der Waals surface area contributed by atoms with Crippen LogP contribution in [0.25, 0.3) is 10.8 Å². The molecule has 0 aromatic heterocycles. The molecule has 0 bridgehead atoms. The Morgan fingerprint density at radius 1 is 0.900 bits per heavy atom. The molecular formula is C25H19Cl2NO2. The third kappa shape index (κ3) is 3.13. The van der Waals surface area contributed by atoms with Crippen LogP contribution < -0.4 is 4.90 Å². The number of amides is 1. The zero-order valence-corrected chi connectivity index (χ0v) is 17.7. The summed E-state index contributed by atoms with van der Waals surface area (Å²) in [6, 6.07) is 19.2. The van der Waals surface area contributed by atoms with Crippen molar-refractivity contribution in [2.45, 2.75) is 31.6 Å². The largest absolute Gasteiger partial charge is 0.294 e. The predicted octanol–water partition coefficient (Wildman–Crippen LogP) is 6.67. The average molecular weight is 436 g/mol. The van der Waals surface area contributed by atoms with E-state index in [9.17, 15) is 9.59 Å². The number of allylic oxidation sites excluding steroid dienone is 2. The number of hydrogen-bond donors (Lipinski definition) is 0. The zero-order chi connectivity index (χ0) is 20.8. The van der Waals surface area contributed by atoms with E-state index < -0.39 is 0 Å². The molecule has 0 spiro atoms. The molecule has 1 aliphatic heterocycles. The van der Waals surface area contributed by atoms with Gasteiger partial charge in [0, 0.05) is 45.5 Å². The maximum Gasteiger partial charge on any atom is 0.232 e. The van der Waals surface area contributed by atoms with E-state index in [1.54, 1.807) is 17.0 Å². The summed E-state index contributed by atoms with van der Waals surface area (Å²) in [5.74, 6) is -0.253. The van der Waals surface area contributed by atoms with Crippen LogP contribution in [0.4, 0.5) is 5.69 Å². The molecule has 0 fully saturated rings. The summed E-state index contributed by atoms with van der Waals surface area (Å²) in [6.07, 6.45) is 2.14. The minimum Gasteiger partial charge on any atom is -0.294 e. The molecule has 1 heterocycles. The molecule has 0 radical (unpaired) electrons. The van der Waals surface area contributed by atoms with Crippen molar-refractivity contribution in [2.24, 2.45) is 0 Å². The Kier molecular flexibility index (Phi) is 4.88. The number of carbonyl (C=O) groups is 2. The van der Waals surface area contributed by atoms with Crippen LogP contribution >= 0.6 is 23.2 Å². The van der Waals surface area contributed by atoms with Crippen LogP contribution in [0.5, 0.6) is 0 Å². The zero-order valence-electron chi connectivity index (χ0n) is 16.2. The molecule has 150 valence electrons. The van der Waals surface area contributed by atoms with Gasteiger partial charge in [0.1, 0.15) is 0 Å². The number of fused-ring (bicyclic) bond motifs is 1. The second-order valence-electron chi connectivity index (χ2n) is 7.79. The molecule has 1 atom stereocenters. The van der Waals surface area contributed by atoms with Crippen LogP contribution in [0.3, 0.4) is 0 Å². The highest BCUT2D eigenvalue weighted by Gasteiger charge is 2.40. The quantitative estimate of drug-likeness (QED) is 0.450. The number of rotatable bonds is 2. The van der Waals surface area contributed by atoms with Crippen molar-refractivity contribution in [3.63, 3.8) is 0 Å². The molecule has 0 N–H and O–H groups in total. The van der Waals surface area contributed by atoms with Crippen LogP contribution in [0.15, 0.2) is 71.9 Å². The summed E-state index contributed by atoms with van der Waals surface area (Å²) in [7, 11) is 0. The van der Waals surface area contributed by atoms with E-state index in [0.29, 0.717) is 22.9 Å². The number of Topliss-reactive ketones (excluding diaryl/α,β-unsaturated/α-hetero) is 1. The van der Waals surface area contributed by atoms with Gasteiger partial charge in [0.15, 0.2) is 5.78 Å². The van der Waals surface area contributed by atoms with Crippen molar-refractivity contribution in [3.05, 3.63) is 87.5 Å². The summed E-state index contributed by atoms with van der Waals surface area (Å²) in [5, 5.41) is 3.09. The minimum absolute atomic E-state index is 0.0178. The highest BCUT2D eigenvalue weighted by atomic mass is 35.5. The predicted molar refractivity (Wildman–Crippen MR) is 121 cm³/mol. The van der Waals surface area contributed by atoms with Crippen molar-refractivity contribution < 1.29 is 9.59 Å². The summed E-state index contributed by atoms with van der Waals surface area (Å²) in [4.78, 5) is 28.3. The molecule has 30 heavy (non-hydrogen) atoms. The van der Waals surface area contributed by atoms with Gasteiger partial charge >= 0.3 is 0 Å². The summed E-state index contributed by atoms with van der Waals surface area (Å²) < 4.78 is 0. The van der Waals surface area contributed by atoms with Gasteiger partial charge in [0.05, 0.1) is 5.69 Å². The number of anilines is 1. The number of ketones is 1. The lowest BCUT2D eigenvalue weighted by molar-refractivity contribution is -0.119. The Bertz CT molecular complexity index is 1230. The van der Waals surface area contributed by atoms with E-state index in [-0.39, 0.29) is 24.0 Å². The Hall–Kier alpha value is -2.62. The molecule has 5 rings (SSSR count). The van der Waals surface area contributed by atoms with E-state index in [2.05, 4.69) is 0 Å². The molecule has 3 aromatic rings. The Morgan fingerprint density at radius 2 is 1.70 bits per heavy atom. The number of benzene rings is 3. The second-order valence-corrected chi connectivity index (χ2v) is 8.63. The maximum atomic E-state index is 13.5. The number of carbonyl (C=O) groups excluding carboxylic acids is 2. The molecule has 1 aliphatic carbocycles. The lowest BCUT2D eigenvalue weighted by Crippen LogP contribution is -2.40. The Balaban J connectivity index is 1.72. The van der Waals surface area contributed by atoms with Gasteiger partial charge in [0.25, 0.3) is 0 Å². The first kappa shape index (κ1) is 19.3. The van der Waals surface area contributed by atoms with Crippen LogP contribution in [0.2, 0.25) is 10.0 Å². The fourth-order valence-corrected chi connectivity index (χ4v) is 5.27. The van der Waals surface area contributed by atoms with Gasteiger partial charge in [-0.15, -0.1) is 0 Å². The number of halogens is 2. The monoisotopic (exact) mass is 435 g/mol. The normalized spacial score (nSPS) is 19.4. The molecule has 0 saturated heterocycles. The lowest BCUT2D eigenvalue weighted by Gasteiger charge is -2.39. The van der Waals surface area contributed by atoms with Gasteiger partial charge in [-0.05, 0) is 42.0 Å². The van der Waals surface area contributed by atoms with E-state index in [1.165, 1.54) is 0 Å². The molecule has 3 aromatic carbocycles. The second kappa shape index (κ2) is 7.57. The highest BCUT2D eigenvalue weighted by molar-refractivity contribution is 6.35. The first-order chi connectivity index (χ1) is 14.5. The number of nitrogens with zero attached hydrogens (tertiary/aromatic N) is 1. The van der Waals surface area contributed by atoms with Gasteiger partial charge in [0.2, 0.25) is 5.91 Å². The van der Waals surface area contributed by atoms with E-state index in [1.807, 2.05) is 48.5 Å². The van der Waals surface area contributed by atoms with Crippen LogP contribution in [-0.2, 0) is 9.59 Å². The molecular weight excluding hydrogens is 417 g/mol. The topological polar surface area (TPSA) is 37.4 Å². The molecule has 2 aliphatic rings. The lowest BCUT2D eigenvalue weighted by atomic mass is 9.77. The average Bonchev–Trinajstić information content (AvgIpc) is 2.73. The van der Waals surface area contributed by atoms with Crippen LogP contribution in [0.1, 0.15) is 37.2 Å². The third-order valence-corrected chi connectivity index (χ3v) is 6.58. The molecule has 1 amide bonds. The summed E-state index contributed by atoms with van der Waals surface area (Å²) in [5.41, 5.74) is 3.16. The van der Waals surface area contributed by atoms with Crippen LogP contribution in [0, 0.1) is 0 Å². The molecule has 5 heteroatoms. The maximum absolute atomic E-state index is 13.5. The number of hydrogen-bond acceptors (Lipinski definition) is 2. The third-order valence-electron chi connectivity index (χ3n) is 6.02. The van der Waals surface area contributed by atoms with Crippen molar-refractivity contribution in [1.82, 2.24) is 0 Å². The molecule has 0 saturated carbocycles. The van der Waals surface area contributed by atoms with E-state index in [0.717, 1.165) is 39.7 Å². The first-order valence-corrected chi connectivity index (χ1v) is 10.8. The van der Waals surface area contributed by atoms with E-state index >= 15 is 0 Å². The van der Waals surface area contributed by atoms with Gasteiger partial charge in [-0.25, -0.2) is 0 Å². The van der Waals surface area contributed by atoms with Crippen molar-refractivity contribution in [1.29, 1.82) is 0 Å². The highest BCUT2D eigenvalue weighted by Crippen LogP contribution is 2.46. The summed E-state index contributed by atoms with van der Waals surface area (Å²) in [6.45, 7) is 0. The summed E-state index contributed by atoms with van der Waals surface area (Å²) >= 11 is 12.5. The standard InChI is InChI=1S/C25H19Cl2NO2/c26-16-11-12-18(20(27)13-16)19-14-24(30)28(22-9-4-10-23(29)25(19)22)21-8-3-6-15-5-1-2-7-17(15)21/h1-3,5-8,11-13,19H,4,9-10,14H2. The van der Waals surface area contributed by atoms with Gasteiger partial charge in [-0.2, -0.15) is 0 Å². The SMILES string of the molecule is O=C1CCCC2=C1C(c1ccc(Cl)cc1Cl)CC(=O)N2c1cccc2ccccc12. The van der Waals surface area contributed by atoms with Crippen molar-refractivity contribution in [2.75, 3.05) is 4.90 Å². The minimum atomic E-state index is -0.337. The Labute approximate surface area is 184 Å². The first-order valence-electron chi connectivity index (χ1n) is 10.1. The van der Waals surface area contributed by atoms with Gasteiger partial charge in [-0.3, -0.25) is 14.5 Å². The van der Waals surface area contributed by atoms with E-state index in [4.69, 9.17) is 23.2 Å². The van der Waals surface area contributed by atoms with Crippen molar-refractivity contribution in [3.8, 4) is 0 Å². The molecule has 3 nitrogen and oxygen atoms in total. The molecule has 1 unspecified atom stereocenters. The Morgan fingerprint density at radius 3 is 2.53 bits per heavy atom. The van der Waals surface area contributed by atoms with Gasteiger partial charge in [-0.1, -0.05) is 65.7 Å². The fraction of sp³-hybridized carbons (Fsp3) is 0.200. The van der Waals surface area contributed by atoms with Crippen LogP contribution in [-0.4, -0.2) is 11.7 Å².